The van der Waals surface area contributed by atoms with Crippen molar-refractivity contribution in [3.8, 4) is 22.6 Å². The fourth-order valence-corrected chi connectivity index (χ4v) is 2.80. The molecular weight excluding hydrogens is 356 g/mol. The molecule has 1 amide bonds. The average molecular weight is 371 g/mol. The smallest absolute Gasteiger partial charge is 0.227 e. The fraction of sp³-hybridized carbons (Fsp3) is 0.111. The van der Waals surface area contributed by atoms with E-state index in [4.69, 9.17) is 4.42 Å². The summed E-state index contributed by atoms with van der Waals surface area (Å²) in [6.45, 7) is 1.82. The monoisotopic (exact) mass is 370 g/mol. The van der Waals surface area contributed by atoms with Crippen LogP contribution in [0.1, 0.15) is 13.3 Å². The van der Waals surface area contributed by atoms with Crippen LogP contribution in [0.3, 0.4) is 0 Å². The molecule has 0 aliphatic carbocycles. The number of nitrogens with one attached hydrogen (secondary N) is 1. The summed E-state index contributed by atoms with van der Waals surface area (Å²) in [6.07, 6.45) is 3.52. The Bertz CT molecular complexity index is 829. The molecule has 23 heavy (non-hydrogen) atoms. The number of carbonyl (C=O) groups is 1. The van der Waals surface area contributed by atoms with Crippen LogP contribution < -0.4 is 5.32 Å². The molecule has 4 nitrogen and oxygen atoms in total. The van der Waals surface area contributed by atoms with Gasteiger partial charge in [-0.3, -0.25) is 4.79 Å². The van der Waals surface area contributed by atoms with Crippen molar-refractivity contribution in [2.24, 2.45) is 0 Å². The van der Waals surface area contributed by atoms with E-state index in [1.807, 2.05) is 49.4 Å². The van der Waals surface area contributed by atoms with E-state index in [2.05, 4.69) is 26.2 Å². The fourth-order valence-electron chi connectivity index (χ4n) is 2.29. The van der Waals surface area contributed by atoms with Gasteiger partial charge < -0.3 is 9.73 Å². The van der Waals surface area contributed by atoms with Gasteiger partial charge in [0.15, 0.2) is 0 Å². The lowest BCUT2D eigenvalue weighted by Gasteiger charge is -2.11. The van der Waals surface area contributed by atoms with Crippen LogP contribution in [-0.4, -0.2) is 10.9 Å². The van der Waals surface area contributed by atoms with Gasteiger partial charge in [0.05, 0.1) is 17.4 Å². The molecule has 5 heteroatoms. The van der Waals surface area contributed by atoms with Crippen LogP contribution in [0.15, 0.2) is 63.8 Å². The van der Waals surface area contributed by atoms with Gasteiger partial charge in [-0.15, -0.1) is 0 Å². The van der Waals surface area contributed by atoms with E-state index in [1.54, 1.807) is 6.20 Å². The molecule has 2 aromatic carbocycles. The summed E-state index contributed by atoms with van der Waals surface area (Å²) in [5.74, 6) is 0.428. The largest absolute Gasteiger partial charge is 0.444 e. The topological polar surface area (TPSA) is 55.1 Å². The maximum Gasteiger partial charge on any atom is 0.227 e. The van der Waals surface area contributed by atoms with Gasteiger partial charge >= 0.3 is 0 Å². The number of hydrogen-bond acceptors (Lipinski definition) is 3. The van der Waals surface area contributed by atoms with Crippen molar-refractivity contribution < 1.29 is 9.21 Å². The van der Waals surface area contributed by atoms with E-state index < -0.39 is 0 Å². The van der Waals surface area contributed by atoms with Crippen LogP contribution in [0.2, 0.25) is 0 Å². The molecule has 0 saturated heterocycles. The molecule has 0 bridgehead atoms. The molecule has 0 atom stereocenters. The number of carbonyl (C=O) groups excluding carboxylic acids is 1. The lowest BCUT2D eigenvalue weighted by Crippen LogP contribution is -2.10. The zero-order chi connectivity index (χ0) is 16.2. The summed E-state index contributed by atoms with van der Waals surface area (Å²) in [5.41, 5.74) is 3.52. The molecule has 0 aliphatic rings. The van der Waals surface area contributed by atoms with Gasteiger partial charge in [-0.2, -0.15) is 0 Å². The molecule has 0 unspecified atom stereocenters. The molecule has 0 aliphatic heterocycles. The minimum absolute atomic E-state index is 0.0496. The molecule has 1 N–H and O–H groups in total. The van der Waals surface area contributed by atoms with Crippen molar-refractivity contribution in [1.29, 1.82) is 0 Å². The first-order valence-electron chi connectivity index (χ1n) is 7.27. The van der Waals surface area contributed by atoms with Crippen LogP contribution in [0.5, 0.6) is 0 Å². The van der Waals surface area contributed by atoms with Crippen LogP contribution in [0.4, 0.5) is 5.69 Å². The number of nitrogens with zero attached hydrogens (tertiary/aromatic N) is 1. The highest BCUT2D eigenvalue weighted by atomic mass is 79.9. The van der Waals surface area contributed by atoms with E-state index in [-0.39, 0.29) is 5.91 Å². The predicted molar refractivity (Wildman–Crippen MR) is 94.0 cm³/mol. The molecule has 116 valence electrons. The van der Waals surface area contributed by atoms with E-state index >= 15 is 0 Å². The van der Waals surface area contributed by atoms with Crippen molar-refractivity contribution in [2.45, 2.75) is 13.3 Å². The highest BCUT2D eigenvalue weighted by Gasteiger charge is 2.14. The number of oxazole rings is 1. The minimum atomic E-state index is -0.0496. The second-order valence-electron chi connectivity index (χ2n) is 4.98. The Labute approximate surface area is 142 Å². The lowest BCUT2D eigenvalue weighted by molar-refractivity contribution is -0.115. The molecule has 1 heterocycles. The highest BCUT2D eigenvalue weighted by Crippen LogP contribution is 2.34. The van der Waals surface area contributed by atoms with Crippen LogP contribution in [0.25, 0.3) is 22.6 Å². The van der Waals surface area contributed by atoms with Gasteiger partial charge in [-0.05, 0) is 29.3 Å². The molecule has 1 aromatic heterocycles. The average Bonchev–Trinajstić information content (AvgIpc) is 3.10. The molecule has 0 fully saturated rings. The number of aromatic nitrogens is 1. The maximum atomic E-state index is 11.7. The van der Waals surface area contributed by atoms with E-state index in [9.17, 15) is 4.79 Å². The number of hydrogen-bond donors (Lipinski definition) is 1. The lowest BCUT2D eigenvalue weighted by atomic mass is 10.0. The van der Waals surface area contributed by atoms with Crippen molar-refractivity contribution in [3.63, 3.8) is 0 Å². The van der Waals surface area contributed by atoms with Crippen molar-refractivity contribution >= 4 is 27.5 Å². The SMILES string of the molecule is CCC(=O)Nc1ccc(-c2ccccc2Br)cc1-c1ncco1. The summed E-state index contributed by atoms with van der Waals surface area (Å²) in [7, 11) is 0. The summed E-state index contributed by atoms with van der Waals surface area (Å²) in [6, 6.07) is 13.8. The predicted octanol–water partition coefficient (Wildman–Crippen LogP) is 5.12. The third-order valence-electron chi connectivity index (χ3n) is 3.46. The van der Waals surface area contributed by atoms with Gasteiger partial charge in [-0.25, -0.2) is 4.98 Å². The number of halogens is 1. The second kappa shape index (κ2) is 6.79. The summed E-state index contributed by atoms with van der Waals surface area (Å²) >= 11 is 3.57. The normalized spacial score (nSPS) is 10.5. The summed E-state index contributed by atoms with van der Waals surface area (Å²) < 4.78 is 6.43. The van der Waals surface area contributed by atoms with E-state index in [0.29, 0.717) is 18.0 Å². The number of benzene rings is 2. The van der Waals surface area contributed by atoms with Crippen molar-refractivity contribution in [3.05, 3.63) is 59.4 Å². The number of anilines is 1. The van der Waals surface area contributed by atoms with Gasteiger partial charge in [0.2, 0.25) is 11.8 Å². The molecule has 0 radical (unpaired) electrons. The Morgan fingerprint density at radius 1 is 1.22 bits per heavy atom. The summed E-state index contributed by atoms with van der Waals surface area (Å²) in [4.78, 5) is 16.0. The van der Waals surface area contributed by atoms with Crippen LogP contribution >= 0.6 is 15.9 Å². The van der Waals surface area contributed by atoms with Crippen molar-refractivity contribution in [2.75, 3.05) is 5.32 Å². The Balaban J connectivity index is 2.10. The Hall–Kier alpha value is -2.40. The van der Waals surface area contributed by atoms with Gasteiger partial charge in [0, 0.05) is 10.9 Å². The molecule has 0 saturated carbocycles. The number of amides is 1. The van der Waals surface area contributed by atoms with Gasteiger partial charge in [0.25, 0.3) is 0 Å². The van der Waals surface area contributed by atoms with E-state index in [1.165, 1.54) is 6.26 Å². The molecular formula is C18H15BrN2O2. The Kier molecular flexibility index (Phi) is 4.57. The Morgan fingerprint density at radius 3 is 2.74 bits per heavy atom. The third kappa shape index (κ3) is 3.35. The first-order chi connectivity index (χ1) is 11.2. The zero-order valence-electron chi connectivity index (χ0n) is 12.5. The first kappa shape index (κ1) is 15.5. The zero-order valence-corrected chi connectivity index (χ0v) is 14.1. The molecule has 3 rings (SSSR count). The minimum Gasteiger partial charge on any atom is -0.444 e. The third-order valence-corrected chi connectivity index (χ3v) is 4.15. The molecule has 0 spiro atoms. The van der Waals surface area contributed by atoms with Gasteiger partial charge in [0.1, 0.15) is 6.26 Å². The van der Waals surface area contributed by atoms with Crippen molar-refractivity contribution in [1.82, 2.24) is 4.98 Å². The standard InChI is InChI=1S/C18H15BrN2O2/c1-2-17(22)21-16-8-7-12(13-5-3-4-6-15(13)19)11-14(16)18-20-9-10-23-18/h3-11H,2H2,1H3,(H,21,22). The van der Waals surface area contributed by atoms with E-state index in [0.717, 1.165) is 21.2 Å². The molecule has 3 aromatic rings. The first-order valence-corrected chi connectivity index (χ1v) is 8.07. The highest BCUT2D eigenvalue weighted by molar-refractivity contribution is 9.10. The summed E-state index contributed by atoms with van der Waals surface area (Å²) in [5, 5.41) is 2.89. The van der Waals surface area contributed by atoms with Crippen LogP contribution in [-0.2, 0) is 4.79 Å². The maximum absolute atomic E-state index is 11.7. The Morgan fingerprint density at radius 2 is 2.04 bits per heavy atom. The second-order valence-corrected chi connectivity index (χ2v) is 5.83. The van der Waals surface area contributed by atoms with Crippen LogP contribution in [0, 0.1) is 0 Å². The number of rotatable bonds is 4. The quantitative estimate of drug-likeness (QED) is 0.693. The van der Waals surface area contributed by atoms with Gasteiger partial charge in [-0.1, -0.05) is 47.1 Å².